The summed E-state index contributed by atoms with van der Waals surface area (Å²) in [5.41, 5.74) is 4.44. The van der Waals surface area contributed by atoms with Crippen molar-refractivity contribution in [1.29, 1.82) is 0 Å². The average Bonchev–Trinajstić information content (AvgIpc) is 3.24. The van der Waals surface area contributed by atoms with E-state index in [9.17, 15) is 4.79 Å². The monoisotopic (exact) mass is 531 g/mol. The van der Waals surface area contributed by atoms with Gasteiger partial charge in [-0.2, -0.15) is 0 Å². The van der Waals surface area contributed by atoms with E-state index in [4.69, 9.17) is 21.3 Å². The van der Waals surface area contributed by atoms with E-state index in [1.807, 2.05) is 30.3 Å². The number of amides is 1. The third kappa shape index (κ3) is 7.61. The van der Waals surface area contributed by atoms with E-state index in [1.54, 1.807) is 0 Å². The van der Waals surface area contributed by atoms with E-state index in [0.29, 0.717) is 24.6 Å². The van der Waals surface area contributed by atoms with Gasteiger partial charge in [0, 0.05) is 18.0 Å². The number of nitrogens with zero attached hydrogens (tertiary/aromatic N) is 2. The van der Waals surface area contributed by atoms with Crippen LogP contribution in [0.4, 0.5) is 0 Å². The second-order valence-corrected chi connectivity index (χ2v) is 11.1. The number of unbranched alkanes of at least 4 members (excludes halogenated alkanes) is 2. The standard InChI is InChI=1S/C32H38ClN3O2/c1-32(2,3)25-16-18-26(19-17-25)38-22-21-36-29-14-9-8-13-28(29)35-30(36)15-5-4-10-20-34-31(37)23-24-11-6-7-12-27(24)33/h6-9,11-14,16-19H,4-5,10,15,20-23H2,1-3H3,(H,34,37). The highest BCUT2D eigenvalue weighted by atomic mass is 35.5. The van der Waals surface area contributed by atoms with Crippen LogP contribution in [0, 0.1) is 0 Å². The summed E-state index contributed by atoms with van der Waals surface area (Å²) < 4.78 is 8.37. The second kappa shape index (κ2) is 13.0. The molecule has 0 atom stereocenters. The molecule has 3 aromatic carbocycles. The molecule has 6 heteroatoms. The van der Waals surface area contributed by atoms with Gasteiger partial charge in [0.2, 0.25) is 5.91 Å². The number of ether oxygens (including phenoxy) is 1. The lowest BCUT2D eigenvalue weighted by Gasteiger charge is -2.19. The number of aryl methyl sites for hydroxylation is 1. The smallest absolute Gasteiger partial charge is 0.224 e. The zero-order valence-electron chi connectivity index (χ0n) is 22.7. The zero-order chi connectivity index (χ0) is 27.0. The summed E-state index contributed by atoms with van der Waals surface area (Å²) in [7, 11) is 0. The van der Waals surface area contributed by atoms with Crippen LogP contribution in [-0.2, 0) is 29.6 Å². The number of aromatic nitrogens is 2. The fraction of sp³-hybridized carbons (Fsp3) is 0.375. The van der Waals surface area contributed by atoms with Crippen LogP contribution in [0.1, 0.15) is 57.0 Å². The molecule has 0 aliphatic heterocycles. The van der Waals surface area contributed by atoms with Crippen molar-refractivity contribution in [2.75, 3.05) is 13.2 Å². The number of para-hydroxylation sites is 2. The van der Waals surface area contributed by atoms with Crippen molar-refractivity contribution in [3.8, 4) is 5.75 Å². The van der Waals surface area contributed by atoms with Crippen molar-refractivity contribution < 1.29 is 9.53 Å². The fourth-order valence-corrected chi connectivity index (χ4v) is 4.76. The molecule has 1 N–H and O–H groups in total. The van der Waals surface area contributed by atoms with Crippen LogP contribution < -0.4 is 10.1 Å². The van der Waals surface area contributed by atoms with E-state index in [1.165, 1.54) is 5.56 Å². The normalized spacial score (nSPS) is 11.6. The molecule has 200 valence electrons. The number of hydrogen-bond acceptors (Lipinski definition) is 3. The van der Waals surface area contributed by atoms with Gasteiger partial charge in [-0.15, -0.1) is 0 Å². The molecule has 4 rings (SSSR count). The van der Waals surface area contributed by atoms with Gasteiger partial charge < -0.3 is 14.6 Å². The number of nitrogens with one attached hydrogen (secondary N) is 1. The molecule has 0 aliphatic carbocycles. The van der Waals surface area contributed by atoms with Crippen LogP contribution in [0.25, 0.3) is 11.0 Å². The first kappa shape index (κ1) is 27.7. The zero-order valence-corrected chi connectivity index (χ0v) is 23.4. The van der Waals surface area contributed by atoms with Gasteiger partial charge in [-0.1, -0.05) is 81.3 Å². The number of halogens is 1. The predicted molar refractivity (Wildman–Crippen MR) is 156 cm³/mol. The summed E-state index contributed by atoms with van der Waals surface area (Å²) in [6.07, 6.45) is 4.17. The number of benzene rings is 3. The van der Waals surface area contributed by atoms with Gasteiger partial charge in [0.1, 0.15) is 18.2 Å². The van der Waals surface area contributed by atoms with Gasteiger partial charge in [-0.25, -0.2) is 4.98 Å². The van der Waals surface area contributed by atoms with Crippen molar-refractivity contribution >= 4 is 28.5 Å². The summed E-state index contributed by atoms with van der Waals surface area (Å²) in [6.45, 7) is 8.64. The van der Waals surface area contributed by atoms with Crippen molar-refractivity contribution in [1.82, 2.24) is 14.9 Å². The third-order valence-corrected chi connectivity index (χ3v) is 7.11. The van der Waals surface area contributed by atoms with Crippen LogP contribution in [0.2, 0.25) is 5.02 Å². The highest BCUT2D eigenvalue weighted by Gasteiger charge is 2.14. The molecule has 0 saturated carbocycles. The Bertz CT molecular complexity index is 1340. The maximum Gasteiger partial charge on any atom is 0.224 e. The lowest BCUT2D eigenvalue weighted by Crippen LogP contribution is -2.26. The summed E-state index contributed by atoms with van der Waals surface area (Å²) >= 11 is 6.16. The van der Waals surface area contributed by atoms with E-state index >= 15 is 0 Å². The Morgan fingerprint density at radius 2 is 1.68 bits per heavy atom. The molecule has 38 heavy (non-hydrogen) atoms. The first-order valence-corrected chi connectivity index (χ1v) is 13.9. The average molecular weight is 532 g/mol. The van der Waals surface area contributed by atoms with Crippen molar-refractivity contribution in [3.63, 3.8) is 0 Å². The minimum absolute atomic E-state index is 0.00735. The predicted octanol–water partition coefficient (Wildman–Crippen LogP) is 7.14. The highest BCUT2D eigenvalue weighted by Crippen LogP contribution is 2.24. The van der Waals surface area contributed by atoms with Gasteiger partial charge >= 0.3 is 0 Å². The Labute approximate surface area is 231 Å². The maximum absolute atomic E-state index is 12.2. The molecule has 0 aliphatic rings. The molecule has 0 radical (unpaired) electrons. The minimum Gasteiger partial charge on any atom is -0.492 e. The molecule has 1 aromatic heterocycles. The van der Waals surface area contributed by atoms with Gasteiger partial charge in [0.15, 0.2) is 0 Å². The molecule has 0 fully saturated rings. The Hall–Kier alpha value is -3.31. The summed E-state index contributed by atoms with van der Waals surface area (Å²) in [5.74, 6) is 1.98. The first-order chi connectivity index (χ1) is 18.3. The quantitative estimate of drug-likeness (QED) is 0.198. The first-order valence-electron chi connectivity index (χ1n) is 13.5. The fourth-order valence-electron chi connectivity index (χ4n) is 4.56. The topological polar surface area (TPSA) is 56.1 Å². The Morgan fingerprint density at radius 1 is 0.947 bits per heavy atom. The molecule has 1 heterocycles. The molecule has 0 bridgehead atoms. The number of carbonyl (C=O) groups is 1. The van der Waals surface area contributed by atoms with Crippen LogP contribution in [0.15, 0.2) is 72.8 Å². The van der Waals surface area contributed by atoms with Crippen LogP contribution in [0.3, 0.4) is 0 Å². The number of imidazole rings is 1. The molecule has 0 unspecified atom stereocenters. The Kier molecular flexibility index (Phi) is 9.46. The van der Waals surface area contributed by atoms with E-state index < -0.39 is 0 Å². The molecular formula is C32H38ClN3O2. The second-order valence-electron chi connectivity index (χ2n) is 10.7. The molecule has 4 aromatic rings. The lowest BCUT2D eigenvalue weighted by molar-refractivity contribution is -0.120. The minimum atomic E-state index is 0.00735. The van der Waals surface area contributed by atoms with Crippen LogP contribution >= 0.6 is 11.6 Å². The Balaban J connectivity index is 1.25. The van der Waals surface area contributed by atoms with Gasteiger partial charge in [-0.05, 0) is 59.7 Å². The van der Waals surface area contributed by atoms with Crippen molar-refractivity contribution in [3.05, 3.63) is 94.8 Å². The molecular weight excluding hydrogens is 494 g/mol. The largest absolute Gasteiger partial charge is 0.492 e. The van der Waals surface area contributed by atoms with E-state index in [2.05, 4.69) is 73.1 Å². The summed E-state index contributed by atoms with van der Waals surface area (Å²) in [6, 6.07) is 24.2. The van der Waals surface area contributed by atoms with Gasteiger partial charge in [0.05, 0.1) is 24.0 Å². The van der Waals surface area contributed by atoms with Crippen molar-refractivity contribution in [2.24, 2.45) is 0 Å². The lowest BCUT2D eigenvalue weighted by atomic mass is 9.87. The van der Waals surface area contributed by atoms with Crippen LogP contribution in [-0.4, -0.2) is 28.6 Å². The summed E-state index contributed by atoms with van der Waals surface area (Å²) in [4.78, 5) is 17.1. The third-order valence-electron chi connectivity index (χ3n) is 6.75. The maximum atomic E-state index is 12.2. The van der Waals surface area contributed by atoms with Crippen molar-refractivity contribution in [2.45, 2.75) is 64.8 Å². The van der Waals surface area contributed by atoms with Gasteiger partial charge in [-0.3, -0.25) is 4.79 Å². The highest BCUT2D eigenvalue weighted by molar-refractivity contribution is 6.31. The van der Waals surface area contributed by atoms with E-state index in [-0.39, 0.29) is 11.3 Å². The number of rotatable bonds is 12. The van der Waals surface area contributed by atoms with Gasteiger partial charge in [0.25, 0.3) is 0 Å². The Morgan fingerprint density at radius 3 is 2.45 bits per heavy atom. The number of fused-ring (bicyclic) bond motifs is 1. The molecule has 0 spiro atoms. The molecule has 0 saturated heterocycles. The number of carbonyl (C=O) groups excluding carboxylic acids is 1. The van der Waals surface area contributed by atoms with E-state index in [0.717, 1.165) is 60.4 Å². The SMILES string of the molecule is CC(C)(C)c1ccc(OCCn2c(CCCCCNC(=O)Cc3ccccc3Cl)nc3ccccc32)cc1. The molecule has 1 amide bonds. The molecule has 5 nitrogen and oxygen atoms in total. The van der Waals surface area contributed by atoms with Crippen LogP contribution in [0.5, 0.6) is 5.75 Å². The number of hydrogen-bond donors (Lipinski definition) is 1. The summed E-state index contributed by atoms with van der Waals surface area (Å²) in [5, 5.41) is 3.64.